The van der Waals surface area contributed by atoms with E-state index in [2.05, 4.69) is 96.5 Å². The van der Waals surface area contributed by atoms with Crippen LogP contribution in [0.15, 0.2) is 269 Å². The maximum absolute atomic E-state index is 13.1. The van der Waals surface area contributed by atoms with E-state index in [4.69, 9.17) is 29.1 Å². The van der Waals surface area contributed by atoms with E-state index in [0.29, 0.717) is 167 Å². The Bertz CT molecular complexity index is 6280. The third-order valence-corrected chi connectivity index (χ3v) is 20.0. The lowest BCUT2D eigenvalue weighted by Gasteiger charge is -2.22. The van der Waals surface area contributed by atoms with Crippen molar-refractivity contribution in [3.05, 3.63) is 303 Å². The Balaban J connectivity index is 0.000000130. The number of amides is 4. The molecule has 0 saturated carbocycles. The molecule has 4 amide bonds. The topological polar surface area (TPSA) is 395 Å². The van der Waals surface area contributed by atoms with Gasteiger partial charge in [-0.05, 0) is 184 Å². The molecule has 33 heteroatoms. The molecule has 126 heavy (non-hydrogen) atoms. The number of anilines is 4. The van der Waals surface area contributed by atoms with E-state index in [1.807, 2.05) is 175 Å². The number of aryl methyl sites for hydroxylation is 3. The van der Waals surface area contributed by atoms with Gasteiger partial charge in [0, 0.05) is 163 Å². The molecule has 0 aliphatic carbocycles. The van der Waals surface area contributed by atoms with Gasteiger partial charge in [-0.3, -0.25) is 77.9 Å². The standard InChI is InChI=1S/C24H22N6O2.C24H24N6O2.C23H22N6O2.C22H21N7O2/c31-24(21-6-3-5-19(27-21)17-7-12-25-13-8-17)28-22-16-30(18-9-14-32-15-10-18)29-23(22)20-4-1-2-11-26-20;1-17-13-18(15-25-14-17)19-8-5-9-21(27-19)24(31)28-22-16-30(11-6-12-32-2)29-23(22)20-7-3-4-10-26-20;1-16-12-17(14-24-13-16)18-7-5-8-20(26-18)23(30)27-21-15-29(10-11-31-2)28-22(21)19-6-3-4-9-25-19;30-22(19-6-3-5-16(25-19)17-7-11-24-27-17)26-20-14-29(15-8-12-31-13-9-15)28-21(20)18-4-1-2-10-23-18/h1-8,11-13,16,18H,9-10,14-15H2,(H,28,31);3-5,7-10,13-16H,6,11-12H2,1-2H3,(H,28,31);3-9,12-15H,10-11H2,1-2H3,(H,27,30);1-7,10-11,14-15H,8-9,12-13H2,(H,24,27)(H,26,30). The molecule has 2 aliphatic rings. The zero-order chi connectivity index (χ0) is 86.8. The van der Waals surface area contributed by atoms with Crippen LogP contribution >= 0.6 is 0 Å². The van der Waals surface area contributed by atoms with Crippen molar-refractivity contribution < 1.29 is 38.1 Å². The molecule has 18 heterocycles. The molecule has 5 N–H and O–H groups in total. The van der Waals surface area contributed by atoms with Crippen molar-refractivity contribution in [1.82, 2.24) is 104 Å². The van der Waals surface area contributed by atoms with E-state index in [9.17, 15) is 19.2 Å². The second kappa shape index (κ2) is 42.3. The molecule has 0 atom stereocenters. The number of nitrogens with one attached hydrogen (secondary N) is 5. The Morgan fingerprint density at radius 1 is 0.381 bits per heavy atom. The van der Waals surface area contributed by atoms with Gasteiger partial charge in [0.15, 0.2) is 0 Å². The quantitative estimate of drug-likeness (QED) is 0.0332. The molecule has 0 aromatic carbocycles. The summed E-state index contributed by atoms with van der Waals surface area (Å²) in [4.78, 5) is 100. The zero-order valence-electron chi connectivity index (χ0n) is 69.5. The van der Waals surface area contributed by atoms with Crippen LogP contribution in [0.3, 0.4) is 0 Å². The van der Waals surface area contributed by atoms with Crippen molar-refractivity contribution in [2.45, 2.75) is 71.1 Å². The number of carbonyl (C=O) groups is 4. The maximum Gasteiger partial charge on any atom is 0.274 e. The average Bonchev–Trinajstić information content (AvgIpc) is 1.63. The summed E-state index contributed by atoms with van der Waals surface area (Å²) in [6, 6.07) is 53.8. The molecule has 2 fully saturated rings. The molecule has 18 rings (SSSR count). The number of H-pyrrole nitrogens is 1. The van der Waals surface area contributed by atoms with Gasteiger partial charge in [-0.2, -0.15) is 25.5 Å². The zero-order valence-corrected chi connectivity index (χ0v) is 69.5. The minimum absolute atomic E-state index is 0.226. The van der Waals surface area contributed by atoms with Crippen molar-refractivity contribution >= 4 is 46.4 Å². The van der Waals surface area contributed by atoms with Crippen molar-refractivity contribution in [3.63, 3.8) is 0 Å². The van der Waals surface area contributed by atoms with Crippen molar-refractivity contribution in [3.8, 4) is 90.7 Å². The molecular formula is C93H89N25O8. The lowest BCUT2D eigenvalue weighted by atomic mass is 10.1. The Kier molecular flexibility index (Phi) is 28.7. The van der Waals surface area contributed by atoms with Gasteiger partial charge in [-0.15, -0.1) is 0 Å². The first kappa shape index (κ1) is 85.4. The molecule has 0 bridgehead atoms. The van der Waals surface area contributed by atoms with Crippen LogP contribution in [-0.4, -0.2) is 182 Å². The molecule has 2 aliphatic heterocycles. The minimum atomic E-state index is -0.328. The Morgan fingerprint density at radius 3 is 1.13 bits per heavy atom. The number of pyridine rings is 11. The van der Waals surface area contributed by atoms with Crippen LogP contribution < -0.4 is 21.3 Å². The summed E-state index contributed by atoms with van der Waals surface area (Å²) in [7, 11) is 3.30. The number of ether oxygens (including phenoxy) is 4. The van der Waals surface area contributed by atoms with Gasteiger partial charge >= 0.3 is 0 Å². The molecule has 16 aromatic heterocycles. The van der Waals surface area contributed by atoms with Gasteiger partial charge in [0.2, 0.25) is 0 Å². The third kappa shape index (κ3) is 22.4. The number of aromatic nitrogens is 21. The number of hydrogen-bond acceptors (Lipinski definition) is 24. The van der Waals surface area contributed by atoms with E-state index >= 15 is 0 Å². The SMILES string of the molecule is COCCCn1cc(NC(=O)c2cccc(-c3cncc(C)c3)n2)c(-c2ccccn2)n1.COCCn1cc(NC(=O)c2cccc(-c3cncc(C)c3)n2)c(-c2ccccn2)n1.O=C(Nc1cn(C2CCOCC2)nc1-c1ccccn1)c1cccc(-c2ccn[nH]2)n1.O=C(Nc1cn(C2CCOCC2)nc1-c1ccccn1)c1cccc(-c2ccncc2)n1. The van der Waals surface area contributed by atoms with E-state index in [-0.39, 0.29) is 35.7 Å². The number of methoxy groups -OCH3 is 2. The fourth-order valence-electron chi connectivity index (χ4n) is 13.8. The second-order valence-corrected chi connectivity index (χ2v) is 29.1. The molecular weight excluding hydrogens is 1600 g/mol. The van der Waals surface area contributed by atoms with E-state index in [0.717, 1.165) is 65.6 Å². The summed E-state index contributed by atoms with van der Waals surface area (Å²) in [6.07, 6.45) is 30.6. The van der Waals surface area contributed by atoms with Crippen LogP contribution in [0.1, 0.15) is 97.3 Å². The van der Waals surface area contributed by atoms with Crippen LogP contribution in [-0.2, 0) is 32.0 Å². The highest BCUT2D eigenvalue weighted by molar-refractivity contribution is 6.07. The fourth-order valence-corrected chi connectivity index (χ4v) is 13.8. The summed E-state index contributed by atoms with van der Waals surface area (Å²) < 4.78 is 28.6. The molecule has 0 spiro atoms. The highest BCUT2D eigenvalue weighted by Gasteiger charge is 2.27. The van der Waals surface area contributed by atoms with Crippen molar-refractivity contribution in [2.24, 2.45) is 0 Å². The van der Waals surface area contributed by atoms with Gasteiger partial charge in [0.25, 0.3) is 23.6 Å². The summed E-state index contributed by atoms with van der Waals surface area (Å²) >= 11 is 0. The first-order valence-electron chi connectivity index (χ1n) is 40.8. The van der Waals surface area contributed by atoms with Crippen LogP contribution in [0.2, 0.25) is 0 Å². The Morgan fingerprint density at radius 2 is 0.754 bits per heavy atom. The summed E-state index contributed by atoms with van der Waals surface area (Å²) in [6.45, 7) is 9.11. The first-order valence-corrected chi connectivity index (χ1v) is 40.8. The lowest BCUT2D eigenvalue weighted by molar-refractivity contribution is 0.0662. The van der Waals surface area contributed by atoms with Gasteiger partial charge in [-0.1, -0.05) is 48.5 Å². The van der Waals surface area contributed by atoms with Gasteiger partial charge in [0.05, 0.1) is 99.2 Å². The van der Waals surface area contributed by atoms with E-state index in [1.165, 1.54) is 0 Å². The minimum Gasteiger partial charge on any atom is -0.385 e. The van der Waals surface area contributed by atoms with Crippen LogP contribution in [0, 0.1) is 13.8 Å². The Labute approximate surface area is 724 Å². The number of aromatic amines is 1. The number of rotatable bonds is 25. The predicted molar refractivity (Wildman–Crippen MR) is 474 cm³/mol. The molecule has 634 valence electrons. The van der Waals surface area contributed by atoms with Crippen molar-refractivity contribution in [1.29, 1.82) is 0 Å². The van der Waals surface area contributed by atoms with Crippen molar-refractivity contribution in [2.75, 3.05) is 75.1 Å². The van der Waals surface area contributed by atoms with Crippen LogP contribution in [0.4, 0.5) is 22.7 Å². The number of hydrogen-bond donors (Lipinski definition) is 5. The molecule has 0 radical (unpaired) electrons. The highest BCUT2D eigenvalue weighted by atomic mass is 16.5. The predicted octanol–water partition coefficient (Wildman–Crippen LogP) is 14.9. The number of carbonyl (C=O) groups excluding carboxylic acids is 4. The normalized spacial score (nSPS) is 12.6. The van der Waals surface area contributed by atoms with Gasteiger partial charge < -0.3 is 40.2 Å². The van der Waals surface area contributed by atoms with Gasteiger partial charge in [0.1, 0.15) is 45.6 Å². The summed E-state index contributed by atoms with van der Waals surface area (Å²) in [5.74, 6) is -1.26. The fraction of sp³-hybridized carbons (Fsp3) is 0.204. The molecule has 2 saturated heterocycles. The van der Waals surface area contributed by atoms with Crippen LogP contribution in [0.5, 0.6) is 0 Å². The van der Waals surface area contributed by atoms with Crippen LogP contribution in [0.25, 0.3) is 90.7 Å². The monoisotopic (exact) mass is 1680 g/mol. The average molecular weight is 1680 g/mol. The molecule has 0 unspecified atom stereocenters. The third-order valence-electron chi connectivity index (χ3n) is 20.0. The second-order valence-electron chi connectivity index (χ2n) is 29.1. The van der Waals surface area contributed by atoms with E-state index in [1.54, 1.807) is 140 Å². The van der Waals surface area contributed by atoms with Gasteiger partial charge in [-0.25, -0.2) is 19.9 Å². The lowest BCUT2D eigenvalue weighted by Crippen LogP contribution is -2.20. The summed E-state index contributed by atoms with van der Waals surface area (Å²) in [5.41, 5.74) is 16.9. The molecule has 33 nitrogen and oxygen atoms in total. The first-order chi connectivity index (χ1) is 61.8. The Hall–Kier alpha value is -15.6. The largest absolute Gasteiger partial charge is 0.385 e. The maximum atomic E-state index is 13.1. The number of nitrogens with zero attached hydrogens (tertiary/aromatic N) is 20. The molecule has 16 aromatic rings. The highest BCUT2D eigenvalue weighted by Crippen LogP contribution is 2.34. The van der Waals surface area contributed by atoms with E-state index < -0.39 is 0 Å². The summed E-state index contributed by atoms with van der Waals surface area (Å²) in [5, 5.41) is 37.4. The smallest absolute Gasteiger partial charge is 0.274 e.